The van der Waals surface area contributed by atoms with Crippen molar-refractivity contribution >= 4 is 6.21 Å². The van der Waals surface area contributed by atoms with Gasteiger partial charge in [0.1, 0.15) is 6.61 Å². The zero-order chi connectivity index (χ0) is 15.9. The van der Waals surface area contributed by atoms with Crippen LogP contribution < -0.4 is 5.01 Å². The molecule has 0 bridgehead atoms. The molecule has 0 amide bonds. The number of allylic oxidation sites excluding steroid dienone is 1. The monoisotopic (exact) mass is 313 g/mol. The van der Waals surface area contributed by atoms with Gasteiger partial charge in [0.2, 0.25) is 0 Å². The lowest BCUT2D eigenvalue weighted by Gasteiger charge is -2.29. The third-order valence-corrected chi connectivity index (χ3v) is 2.64. The lowest BCUT2D eigenvalue weighted by atomic mass is 10.1. The molecule has 20 heavy (non-hydrogen) atoms. The van der Waals surface area contributed by atoms with E-state index >= 15 is 0 Å². The van der Waals surface area contributed by atoms with Gasteiger partial charge in [0, 0.05) is 5.57 Å². The molecule has 1 aliphatic rings. The van der Waals surface area contributed by atoms with Gasteiger partial charge in [-0.1, -0.05) is 5.10 Å². The molecule has 11 heteroatoms. The van der Waals surface area contributed by atoms with Gasteiger partial charge in [0.05, 0.1) is 6.21 Å². The van der Waals surface area contributed by atoms with Gasteiger partial charge in [-0.3, -0.25) is 0 Å². The standard InChI is InChI=1S/C9H8F8N2O/c1-4-2-18-19(5(4)3-20)8(13,14)6(10)7(11,12)9(15,16)17/h2,6,20H,3H2,1H3/p+1. The molecule has 0 aliphatic carbocycles. The van der Waals surface area contributed by atoms with Gasteiger partial charge in [-0.05, 0) is 6.92 Å². The van der Waals surface area contributed by atoms with E-state index in [2.05, 4.69) is 5.10 Å². The van der Waals surface area contributed by atoms with Crippen LogP contribution in [0.3, 0.4) is 0 Å². The molecule has 0 spiro atoms. The van der Waals surface area contributed by atoms with E-state index in [0.29, 0.717) is 6.21 Å². The molecule has 0 aromatic rings. The molecular formula is C9H9F8N2O+. The second-order valence-electron chi connectivity index (χ2n) is 4.03. The summed E-state index contributed by atoms with van der Waals surface area (Å²) in [7, 11) is 0. The summed E-state index contributed by atoms with van der Waals surface area (Å²) >= 11 is 0. The number of halogens is 8. The molecule has 0 saturated carbocycles. The van der Waals surface area contributed by atoms with Crippen molar-refractivity contribution in [2.75, 3.05) is 6.61 Å². The van der Waals surface area contributed by atoms with Gasteiger partial charge in [0.25, 0.3) is 6.17 Å². The molecule has 0 fully saturated rings. The van der Waals surface area contributed by atoms with Crippen LogP contribution in [-0.4, -0.2) is 42.2 Å². The average molecular weight is 313 g/mol. The van der Waals surface area contributed by atoms with Crippen molar-refractivity contribution in [3.05, 3.63) is 11.3 Å². The van der Waals surface area contributed by atoms with Crippen LogP contribution in [0.5, 0.6) is 0 Å². The van der Waals surface area contributed by atoms with E-state index in [-0.39, 0.29) is 5.57 Å². The molecular weight excluding hydrogens is 304 g/mol. The summed E-state index contributed by atoms with van der Waals surface area (Å²) in [6, 6.07) is -5.20. The van der Waals surface area contributed by atoms with Crippen LogP contribution in [-0.2, 0) is 0 Å². The van der Waals surface area contributed by atoms with Crippen molar-refractivity contribution in [3.63, 3.8) is 0 Å². The molecule has 0 saturated heterocycles. The minimum atomic E-state index is -6.48. The zero-order valence-corrected chi connectivity index (χ0v) is 9.78. The highest BCUT2D eigenvalue weighted by molar-refractivity contribution is 5.79. The van der Waals surface area contributed by atoms with E-state index in [0.717, 1.165) is 6.92 Å². The number of aliphatic hydroxyl groups is 1. The second kappa shape index (κ2) is 4.95. The van der Waals surface area contributed by atoms with E-state index in [1.54, 1.807) is 0 Å². The Morgan fingerprint density at radius 2 is 1.70 bits per heavy atom. The number of nitrogens with one attached hydrogen (secondary N) is 1. The first kappa shape index (κ1) is 16.8. The fraction of sp³-hybridized carbons (Fsp3) is 0.667. The topological polar surface area (TPSA) is 37.0 Å². The van der Waals surface area contributed by atoms with Gasteiger partial charge in [-0.25, -0.2) is 4.39 Å². The van der Waals surface area contributed by atoms with Crippen molar-refractivity contribution < 1.29 is 45.2 Å². The Hall–Kier alpha value is -1.23. The highest BCUT2D eigenvalue weighted by Gasteiger charge is 2.74. The van der Waals surface area contributed by atoms with E-state index < -0.39 is 41.6 Å². The molecule has 116 valence electrons. The maximum absolute atomic E-state index is 13.5. The molecule has 1 rings (SSSR count). The van der Waals surface area contributed by atoms with Crippen molar-refractivity contribution in [2.24, 2.45) is 5.10 Å². The molecule has 2 atom stereocenters. The fourth-order valence-electron chi connectivity index (χ4n) is 1.48. The van der Waals surface area contributed by atoms with Crippen molar-refractivity contribution in [3.8, 4) is 0 Å². The molecule has 3 nitrogen and oxygen atoms in total. The first-order valence-electron chi connectivity index (χ1n) is 5.06. The molecule has 0 radical (unpaired) electrons. The Morgan fingerprint density at radius 1 is 1.20 bits per heavy atom. The van der Waals surface area contributed by atoms with Crippen LogP contribution in [0.25, 0.3) is 0 Å². The average Bonchev–Trinajstić information content (AvgIpc) is 2.68. The number of nitrogens with zero attached hydrogens (tertiary/aromatic N) is 1. The van der Waals surface area contributed by atoms with Crippen LogP contribution in [0, 0.1) is 0 Å². The third-order valence-electron chi connectivity index (χ3n) is 2.64. The van der Waals surface area contributed by atoms with Crippen LogP contribution in [0.4, 0.5) is 35.1 Å². The summed E-state index contributed by atoms with van der Waals surface area (Å²) in [6.45, 7) is 0.0638. The van der Waals surface area contributed by atoms with E-state index in [4.69, 9.17) is 5.11 Å². The minimum Gasteiger partial charge on any atom is -0.386 e. The van der Waals surface area contributed by atoms with Gasteiger partial charge >= 0.3 is 18.1 Å². The third kappa shape index (κ3) is 2.51. The minimum absolute atomic E-state index is 0.0790. The molecule has 1 heterocycles. The predicted octanol–water partition coefficient (Wildman–Crippen LogP) is 1.27. The Bertz CT molecular complexity index is 442. The molecule has 1 aliphatic heterocycles. The lowest BCUT2D eigenvalue weighted by molar-refractivity contribution is -0.967. The first-order chi connectivity index (χ1) is 8.87. The molecule has 2 unspecified atom stereocenters. The van der Waals surface area contributed by atoms with E-state index in [9.17, 15) is 35.1 Å². The van der Waals surface area contributed by atoms with Crippen LogP contribution in [0.2, 0.25) is 0 Å². The second-order valence-corrected chi connectivity index (χ2v) is 4.03. The fourth-order valence-corrected chi connectivity index (χ4v) is 1.48. The highest BCUT2D eigenvalue weighted by atomic mass is 19.4. The van der Waals surface area contributed by atoms with Crippen LogP contribution in [0.1, 0.15) is 6.92 Å². The van der Waals surface area contributed by atoms with Gasteiger partial charge < -0.3 is 5.11 Å². The number of aliphatic hydroxyl groups excluding tert-OH is 1. The maximum Gasteiger partial charge on any atom is 0.457 e. The largest absolute Gasteiger partial charge is 0.457 e. The van der Waals surface area contributed by atoms with Crippen molar-refractivity contribution in [1.29, 1.82) is 0 Å². The highest BCUT2D eigenvalue weighted by Crippen LogP contribution is 2.43. The zero-order valence-electron chi connectivity index (χ0n) is 9.78. The van der Waals surface area contributed by atoms with Gasteiger partial charge in [-0.15, -0.1) is 13.8 Å². The SMILES string of the molecule is CC1=C(CO)[NH+](C(F)(F)C(F)C(F)(F)C(F)(F)F)N=C1. The Morgan fingerprint density at radius 3 is 2.10 bits per heavy atom. The summed E-state index contributed by atoms with van der Waals surface area (Å²) in [5.74, 6) is -6.25. The van der Waals surface area contributed by atoms with E-state index in [1.165, 1.54) is 0 Å². The summed E-state index contributed by atoms with van der Waals surface area (Å²) in [5, 5.41) is 10.1. The lowest BCUT2D eigenvalue weighted by Crippen LogP contribution is -3.14. The number of hydrogen-bond donors (Lipinski definition) is 2. The summed E-state index contributed by atoms with van der Waals surface area (Å²) < 4.78 is 101. The van der Waals surface area contributed by atoms with Gasteiger partial charge in [-0.2, -0.15) is 22.0 Å². The van der Waals surface area contributed by atoms with Gasteiger partial charge in [0.15, 0.2) is 5.70 Å². The normalized spacial score (nSPS) is 22.6. The Kier molecular flexibility index (Phi) is 4.16. The smallest absolute Gasteiger partial charge is 0.386 e. The Labute approximate surface area is 107 Å². The summed E-state index contributed by atoms with van der Waals surface area (Å²) in [6.07, 6.45) is -10.6. The number of alkyl halides is 8. The van der Waals surface area contributed by atoms with Crippen molar-refractivity contribution in [2.45, 2.75) is 31.2 Å². The van der Waals surface area contributed by atoms with E-state index in [1.807, 2.05) is 0 Å². The molecule has 0 aromatic carbocycles. The predicted molar refractivity (Wildman–Crippen MR) is 50.1 cm³/mol. The number of hydrogen-bond acceptors (Lipinski definition) is 2. The summed E-state index contributed by atoms with van der Waals surface area (Å²) in [5.41, 5.74) is -0.764. The van der Waals surface area contributed by atoms with Crippen LogP contribution in [0.15, 0.2) is 16.4 Å². The Balaban J connectivity index is 3.15. The first-order valence-corrected chi connectivity index (χ1v) is 5.06. The summed E-state index contributed by atoms with van der Waals surface area (Å²) in [4.78, 5) is 0. The van der Waals surface area contributed by atoms with Crippen LogP contribution >= 0.6 is 0 Å². The van der Waals surface area contributed by atoms with Crippen molar-refractivity contribution in [1.82, 2.24) is 0 Å². The quantitative estimate of drug-likeness (QED) is 0.595. The number of rotatable bonds is 4. The molecule has 2 N–H and O–H groups in total. The maximum atomic E-state index is 13.5. The molecule has 0 aromatic heterocycles. The number of quaternary nitrogens is 1.